The normalized spacial score (nSPS) is 28.7. The van der Waals surface area contributed by atoms with Crippen LogP contribution in [0.5, 0.6) is 0 Å². The number of aliphatic imine (C=N–C) groups is 1. The van der Waals surface area contributed by atoms with Crippen LogP contribution in [0.1, 0.15) is 27.2 Å². The van der Waals surface area contributed by atoms with Gasteiger partial charge in [0.1, 0.15) is 0 Å². The van der Waals surface area contributed by atoms with Crippen molar-refractivity contribution in [1.29, 1.82) is 0 Å². The monoisotopic (exact) mass is 154 g/mol. The third-order valence-corrected chi connectivity index (χ3v) is 2.58. The second-order valence-electron chi connectivity index (χ2n) is 3.48. The van der Waals surface area contributed by atoms with Gasteiger partial charge >= 0.3 is 0 Å². The number of hydrogen-bond acceptors (Lipinski definition) is 2. The first-order valence-electron chi connectivity index (χ1n) is 4.42. The summed E-state index contributed by atoms with van der Waals surface area (Å²) in [5, 5.41) is 0. The maximum absolute atomic E-state index is 4.58. The molecule has 0 radical (unpaired) electrons. The molecule has 0 bridgehead atoms. The van der Waals surface area contributed by atoms with Gasteiger partial charge in [-0.2, -0.15) is 0 Å². The highest BCUT2D eigenvalue weighted by molar-refractivity contribution is 5.89. The molecule has 1 aliphatic rings. The van der Waals surface area contributed by atoms with Crippen molar-refractivity contribution in [2.24, 2.45) is 10.9 Å². The molecular formula is C9H18N2. The lowest BCUT2D eigenvalue weighted by molar-refractivity contribution is 0.326. The maximum atomic E-state index is 4.58. The molecular weight excluding hydrogens is 136 g/mol. The Bertz CT molecular complexity index is 163. The molecule has 1 aliphatic heterocycles. The molecule has 0 amide bonds. The highest BCUT2D eigenvalue weighted by atomic mass is 15.3. The Morgan fingerprint density at radius 3 is 2.73 bits per heavy atom. The molecule has 0 aromatic rings. The fourth-order valence-corrected chi connectivity index (χ4v) is 1.29. The van der Waals surface area contributed by atoms with Crippen LogP contribution in [-0.2, 0) is 0 Å². The smallest absolute Gasteiger partial charge is 0.0991 e. The molecule has 64 valence electrons. The molecule has 1 heterocycles. The number of rotatable bonds is 2. The van der Waals surface area contributed by atoms with E-state index in [1.165, 1.54) is 12.1 Å². The Balaban J connectivity index is 2.55. The van der Waals surface area contributed by atoms with Gasteiger partial charge in [-0.05, 0) is 26.3 Å². The predicted molar refractivity (Wildman–Crippen MR) is 49.0 cm³/mol. The summed E-state index contributed by atoms with van der Waals surface area (Å²) in [4.78, 5) is 6.86. The third-order valence-electron chi connectivity index (χ3n) is 2.58. The van der Waals surface area contributed by atoms with E-state index in [2.05, 4.69) is 37.7 Å². The van der Waals surface area contributed by atoms with Crippen molar-refractivity contribution >= 4 is 5.71 Å². The Hall–Kier alpha value is -0.370. The molecule has 2 nitrogen and oxygen atoms in total. The van der Waals surface area contributed by atoms with E-state index < -0.39 is 0 Å². The first-order valence-corrected chi connectivity index (χ1v) is 4.42. The minimum atomic E-state index is 0.402. The fourth-order valence-electron chi connectivity index (χ4n) is 1.29. The van der Waals surface area contributed by atoms with E-state index in [4.69, 9.17) is 0 Å². The molecule has 1 rings (SSSR count). The molecule has 2 heteroatoms. The first-order chi connectivity index (χ1) is 5.15. The van der Waals surface area contributed by atoms with Crippen LogP contribution < -0.4 is 0 Å². The van der Waals surface area contributed by atoms with Crippen molar-refractivity contribution in [2.75, 3.05) is 13.6 Å². The Morgan fingerprint density at radius 1 is 1.73 bits per heavy atom. The highest BCUT2D eigenvalue weighted by Crippen LogP contribution is 2.14. The summed E-state index contributed by atoms with van der Waals surface area (Å²) in [6.07, 6.45) is 1.61. The average Bonchev–Trinajstić information content (AvgIpc) is 2.31. The quantitative estimate of drug-likeness (QED) is 0.592. The van der Waals surface area contributed by atoms with E-state index in [1.807, 2.05) is 0 Å². The van der Waals surface area contributed by atoms with Crippen LogP contribution in [0.25, 0.3) is 0 Å². The van der Waals surface area contributed by atoms with Gasteiger partial charge in [0.25, 0.3) is 0 Å². The average molecular weight is 154 g/mol. The SMILES string of the molecule is CCC(C)C1=NC(C)N(C)C1. The summed E-state index contributed by atoms with van der Waals surface area (Å²) in [5.74, 6) is 0.669. The van der Waals surface area contributed by atoms with E-state index in [1.54, 1.807) is 0 Å². The maximum Gasteiger partial charge on any atom is 0.0991 e. The van der Waals surface area contributed by atoms with Gasteiger partial charge in [-0.15, -0.1) is 0 Å². The van der Waals surface area contributed by atoms with Crippen molar-refractivity contribution in [3.05, 3.63) is 0 Å². The summed E-state index contributed by atoms with van der Waals surface area (Å²) in [6.45, 7) is 7.69. The molecule has 0 saturated heterocycles. The van der Waals surface area contributed by atoms with Gasteiger partial charge in [-0.1, -0.05) is 13.8 Å². The molecule has 0 spiro atoms. The summed E-state index contributed by atoms with van der Waals surface area (Å²) in [6, 6.07) is 0. The van der Waals surface area contributed by atoms with Crippen molar-refractivity contribution in [3.63, 3.8) is 0 Å². The van der Waals surface area contributed by atoms with E-state index in [0.29, 0.717) is 12.1 Å². The van der Waals surface area contributed by atoms with E-state index >= 15 is 0 Å². The lowest BCUT2D eigenvalue weighted by atomic mass is 10.0. The molecule has 11 heavy (non-hydrogen) atoms. The van der Waals surface area contributed by atoms with Gasteiger partial charge in [-0.25, -0.2) is 0 Å². The van der Waals surface area contributed by atoms with E-state index in [0.717, 1.165) is 6.54 Å². The van der Waals surface area contributed by atoms with Crippen LogP contribution >= 0.6 is 0 Å². The summed E-state index contributed by atoms with van der Waals surface area (Å²) < 4.78 is 0. The largest absolute Gasteiger partial charge is 0.280 e. The topological polar surface area (TPSA) is 15.6 Å². The van der Waals surface area contributed by atoms with Crippen molar-refractivity contribution in [1.82, 2.24) is 4.90 Å². The lowest BCUT2D eigenvalue weighted by Crippen LogP contribution is -2.25. The molecule has 0 fully saturated rings. The van der Waals surface area contributed by atoms with Gasteiger partial charge in [0.2, 0.25) is 0 Å². The number of hydrogen-bond donors (Lipinski definition) is 0. The second kappa shape index (κ2) is 3.35. The molecule has 0 aromatic heterocycles. The second-order valence-corrected chi connectivity index (χ2v) is 3.48. The molecule has 2 atom stereocenters. The first kappa shape index (κ1) is 8.72. The fraction of sp³-hybridized carbons (Fsp3) is 0.889. The molecule has 0 N–H and O–H groups in total. The van der Waals surface area contributed by atoms with Crippen molar-refractivity contribution < 1.29 is 0 Å². The zero-order valence-corrected chi connectivity index (χ0v) is 7.96. The molecule has 0 aromatic carbocycles. The third kappa shape index (κ3) is 1.80. The van der Waals surface area contributed by atoms with Gasteiger partial charge in [0, 0.05) is 12.3 Å². The van der Waals surface area contributed by atoms with Crippen LogP contribution in [0.4, 0.5) is 0 Å². The predicted octanol–water partition coefficient (Wildman–Crippen LogP) is 1.76. The zero-order chi connectivity index (χ0) is 8.43. The minimum Gasteiger partial charge on any atom is -0.280 e. The number of nitrogens with zero attached hydrogens (tertiary/aromatic N) is 2. The van der Waals surface area contributed by atoms with E-state index in [9.17, 15) is 0 Å². The van der Waals surface area contributed by atoms with Crippen LogP contribution in [0, 0.1) is 5.92 Å². The molecule has 0 saturated carbocycles. The minimum absolute atomic E-state index is 0.402. The lowest BCUT2D eigenvalue weighted by Gasteiger charge is -2.12. The summed E-state index contributed by atoms with van der Waals surface area (Å²) >= 11 is 0. The molecule has 0 aliphatic carbocycles. The van der Waals surface area contributed by atoms with Crippen LogP contribution in [0.2, 0.25) is 0 Å². The van der Waals surface area contributed by atoms with Gasteiger partial charge in [0.05, 0.1) is 6.17 Å². The van der Waals surface area contributed by atoms with Crippen LogP contribution in [0.15, 0.2) is 4.99 Å². The Kier molecular flexibility index (Phi) is 2.66. The van der Waals surface area contributed by atoms with Crippen molar-refractivity contribution in [3.8, 4) is 0 Å². The highest BCUT2D eigenvalue weighted by Gasteiger charge is 2.21. The Morgan fingerprint density at radius 2 is 2.36 bits per heavy atom. The molecule has 2 unspecified atom stereocenters. The Labute approximate surface area is 69.3 Å². The standard InChI is InChI=1S/C9H18N2/c1-5-7(2)9-6-11(4)8(3)10-9/h7-8H,5-6H2,1-4H3. The van der Waals surface area contributed by atoms with Gasteiger partial charge in [-0.3, -0.25) is 9.89 Å². The van der Waals surface area contributed by atoms with Gasteiger partial charge in [0.15, 0.2) is 0 Å². The van der Waals surface area contributed by atoms with Gasteiger partial charge < -0.3 is 0 Å². The van der Waals surface area contributed by atoms with E-state index in [-0.39, 0.29) is 0 Å². The van der Waals surface area contributed by atoms with Crippen LogP contribution in [-0.4, -0.2) is 30.4 Å². The summed E-state index contributed by atoms with van der Waals surface area (Å²) in [7, 11) is 2.13. The van der Waals surface area contributed by atoms with Crippen LogP contribution in [0.3, 0.4) is 0 Å². The van der Waals surface area contributed by atoms with Crippen molar-refractivity contribution in [2.45, 2.75) is 33.4 Å². The zero-order valence-electron chi connectivity index (χ0n) is 7.96. The summed E-state index contributed by atoms with van der Waals surface area (Å²) in [5.41, 5.74) is 1.38.